The molecule has 1 unspecified atom stereocenters. The Labute approximate surface area is 213 Å². The molecule has 6 nitrogen and oxygen atoms in total. The summed E-state index contributed by atoms with van der Waals surface area (Å²) < 4.78 is 70.7. The zero-order valence-corrected chi connectivity index (χ0v) is 20.3. The van der Waals surface area contributed by atoms with Gasteiger partial charge in [-0.2, -0.15) is 0 Å². The highest BCUT2D eigenvalue weighted by atomic mass is 32.1. The second-order valence-corrected chi connectivity index (χ2v) is 9.21. The summed E-state index contributed by atoms with van der Waals surface area (Å²) in [5, 5.41) is 7.14. The first-order valence-electron chi connectivity index (χ1n) is 11.1. The minimum absolute atomic E-state index is 0.0449. The minimum atomic E-state index is -4.83. The predicted octanol–water partition coefficient (Wildman–Crippen LogP) is 4.92. The van der Waals surface area contributed by atoms with Crippen molar-refractivity contribution < 1.29 is 31.5 Å². The van der Waals surface area contributed by atoms with E-state index in [0.717, 1.165) is 35.6 Å². The maximum atomic E-state index is 14.8. The van der Waals surface area contributed by atoms with Crippen LogP contribution >= 0.6 is 11.3 Å². The van der Waals surface area contributed by atoms with Crippen LogP contribution in [-0.2, 0) is 5.41 Å². The van der Waals surface area contributed by atoms with Crippen molar-refractivity contribution in [3.8, 4) is 18.1 Å². The van der Waals surface area contributed by atoms with Crippen molar-refractivity contribution in [2.75, 3.05) is 36.4 Å². The van der Waals surface area contributed by atoms with Gasteiger partial charge in [-0.15, -0.1) is 30.9 Å². The Morgan fingerprint density at radius 1 is 1.16 bits per heavy atom. The third-order valence-corrected chi connectivity index (χ3v) is 6.68. The third kappa shape index (κ3) is 5.84. The van der Waals surface area contributed by atoms with Crippen LogP contribution in [0.2, 0.25) is 0 Å². The molecule has 1 saturated heterocycles. The number of carbonyl (C=O) groups is 1. The first kappa shape index (κ1) is 26.4. The van der Waals surface area contributed by atoms with Crippen LogP contribution in [0.1, 0.15) is 28.5 Å². The molecule has 0 radical (unpaired) electrons. The van der Waals surface area contributed by atoms with Crippen molar-refractivity contribution in [1.29, 1.82) is 0 Å². The Morgan fingerprint density at radius 3 is 2.35 bits per heavy atom. The molecule has 12 heteroatoms. The van der Waals surface area contributed by atoms with E-state index < -0.39 is 40.6 Å². The Kier molecular flexibility index (Phi) is 7.38. The predicted molar refractivity (Wildman–Crippen MR) is 130 cm³/mol. The zero-order valence-electron chi connectivity index (χ0n) is 19.5. The molecular weight excluding hydrogens is 515 g/mol. The molecule has 37 heavy (non-hydrogen) atoms. The van der Waals surface area contributed by atoms with Crippen LogP contribution < -0.4 is 20.3 Å². The SMILES string of the molecule is C#CC(C)(c1ccc(OC(F)(F)F)cc1)c1csc(NC(=O)c2c(F)cc(N3CCNCC3)cc2F)n1. The summed E-state index contributed by atoms with van der Waals surface area (Å²) in [7, 11) is 0. The zero-order chi connectivity index (χ0) is 26.8. The van der Waals surface area contributed by atoms with Crippen LogP contribution in [0.4, 0.5) is 32.8 Å². The monoisotopic (exact) mass is 536 g/mol. The van der Waals surface area contributed by atoms with Crippen molar-refractivity contribution in [3.63, 3.8) is 0 Å². The van der Waals surface area contributed by atoms with Crippen molar-refractivity contribution in [1.82, 2.24) is 10.3 Å². The van der Waals surface area contributed by atoms with Crippen LogP contribution in [0, 0.1) is 24.0 Å². The van der Waals surface area contributed by atoms with Gasteiger partial charge < -0.3 is 15.0 Å². The fourth-order valence-electron chi connectivity index (χ4n) is 3.90. The molecule has 194 valence electrons. The van der Waals surface area contributed by atoms with Crippen molar-refractivity contribution in [2.45, 2.75) is 18.7 Å². The van der Waals surface area contributed by atoms with E-state index in [2.05, 4.69) is 26.3 Å². The van der Waals surface area contributed by atoms with Gasteiger partial charge in [0.05, 0.1) is 11.1 Å². The molecule has 1 aromatic heterocycles. The quantitative estimate of drug-likeness (QED) is 0.346. The molecule has 2 N–H and O–H groups in total. The number of nitrogens with one attached hydrogen (secondary N) is 2. The number of halogens is 5. The summed E-state index contributed by atoms with van der Waals surface area (Å²) in [6, 6.07) is 7.26. The first-order valence-corrected chi connectivity index (χ1v) is 11.9. The van der Waals surface area contributed by atoms with Crippen molar-refractivity contribution in [3.05, 3.63) is 70.2 Å². The van der Waals surface area contributed by atoms with E-state index in [1.165, 1.54) is 12.1 Å². The number of hydrogen-bond acceptors (Lipinski definition) is 6. The molecule has 1 aliphatic heterocycles. The number of rotatable bonds is 6. The van der Waals surface area contributed by atoms with Gasteiger partial charge in [-0.3, -0.25) is 10.1 Å². The van der Waals surface area contributed by atoms with E-state index in [9.17, 15) is 26.7 Å². The number of alkyl halides is 3. The lowest BCUT2D eigenvalue weighted by Gasteiger charge is -2.29. The molecule has 1 atom stereocenters. The summed E-state index contributed by atoms with van der Waals surface area (Å²) in [6.45, 7) is 4.15. The summed E-state index contributed by atoms with van der Waals surface area (Å²) in [5.74, 6) is -0.856. The van der Waals surface area contributed by atoms with Crippen molar-refractivity contribution >= 4 is 28.1 Å². The van der Waals surface area contributed by atoms with E-state index in [1.807, 2.05) is 4.90 Å². The molecule has 2 heterocycles. The number of ether oxygens (including phenoxy) is 1. The second kappa shape index (κ2) is 10.4. The maximum absolute atomic E-state index is 14.8. The Morgan fingerprint density at radius 2 is 1.78 bits per heavy atom. The number of nitrogens with zero attached hydrogens (tertiary/aromatic N) is 2. The number of piperazine rings is 1. The highest BCUT2D eigenvalue weighted by Gasteiger charge is 2.33. The summed E-state index contributed by atoms with van der Waals surface area (Å²) >= 11 is 0.986. The van der Waals surface area contributed by atoms with Gasteiger partial charge in [-0.1, -0.05) is 18.1 Å². The molecule has 1 fully saturated rings. The molecule has 0 spiro atoms. The summed E-state index contributed by atoms with van der Waals surface area (Å²) in [4.78, 5) is 18.8. The van der Waals surface area contributed by atoms with Gasteiger partial charge in [0.2, 0.25) is 0 Å². The standard InChI is InChI=1S/C25H21F5N4O2S/c1-3-24(2,15-4-6-17(7-5-15)36-25(28,29)30)20-14-37-23(32-20)33-22(35)21-18(26)12-16(13-19(21)27)34-10-8-31-9-11-34/h1,4-7,12-14,31H,8-11H2,2H3,(H,32,33,35). The third-order valence-electron chi connectivity index (χ3n) is 5.93. The largest absolute Gasteiger partial charge is 0.573 e. The maximum Gasteiger partial charge on any atom is 0.573 e. The van der Waals surface area contributed by atoms with Crippen LogP contribution in [0.15, 0.2) is 41.8 Å². The molecule has 0 aliphatic carbocycles. The van der Waals surface area contributed by atoms with Gasteiger partial charge in [0, 0.05) is 37.2 Å². The van der Waals surface area contributed by atoms with Crippen LogP contribution in [0.3, 0.4) is 0 Å². The van der Waals surface area contributed by atoms with Gasteiger partial charge in [0.25, 0.3) is 5.91 Å². The van der Waals surface area contributed by atoms with Gasteiger partial charge in [0.15, 0.2) is 5.13 Å². The lowest BCUT2D eigenvalue weighted by molar-refractivity contribution is -0.274. The number of terminal acetylenes is 1. The number of anilines is 2. The van der Waals surface area contributed by atoms with E-state index in [1.54, 1.807) is 12.3 Å². The normalized spacial score (nSPS) is 15.5. The van der Waals surface area contributed by atoms with E-state index in [-0.39, 0.29) is 5.13 Å². The fourth-order valence-corrected chi connectivity index (χ4v) is 4.71. The minimum Gasteiger partial charge on any atom is -0.406 e. The average Bonchev–Trinajstić information content (AvgIpc) is 3.32. The molecule has 0 bridgehead atoms. The molecule has 0 saturated carbocycles. The molecule has 1 aliphatic rings. The Balaban J connectivity index is 1.52. The van der Waals surface area contributed by atoms with E-state index in [4.69, 9.17) is 6.42 Å². The van der Waals surface area contributed by atoms with Gasteiger partial charge in [0.1, 0.15) is 22.9 Å². The number of thiazole rings is 1. The topological polar surface area (TPSA) is 66.5 Å². The molecule has 2 aromatic carbocycles. The first-order chi connectivity index (χ1) is 17.5. The lowest BCUT2D eigenvalue weighted by atomic mass is 9.81. The van der Waals surface area contributed by atoms with Crippen molar-refractivity contribution in [2.24, 2.45) is 0 Å². The lowest BCUT2D eigenvalue weighted by Crippen LogP contribution is -2.43. The van der Waals surface area contributed by atoms with Crippen LogP contribution in [0.25, 0.3) is 0 Å². The van der Waals surface area contributed by atoms with Gasteiger partial charge in [-0.25, -0.2) is 13.8 Å². The van der Waals surface area contributed by atoms with Gasteiger partial charge in [-0.05, 0) is 36.8 Å². The summed E-state index contributed by atoms with van der Waals surface area (Å²) in [6.07, 6.45) is 0.907. The second-order valence-electron chi connectivity index (χ2n) is 8.36. The number of amides is 1. The van der Waals surface area contributed by atoms with Crippen LogP contribution in [-0.4, -0.2) is 43.4 Å². The smallest absolute Gasteiger partial charge is 0.406 e. The number of carbonyl (C=O) groups excluding carboxylic acids is 1. The van der Waals surface area contributed by atoms with E-state index in [0.29, 0.717) is 43.1 Å². The Hall–Kier alpha value is -3.69. The molecular formula is C25H21F5N4O2S. The number of hydrogen-bond donors (Lipinski definition) is 2. The highest BCUT2D eigenvalue weighted by molar-refractivity contribution is 7.14. The number of benzene rings is 2. The van der Waals surface area contributed by atoms with E-state index >= 15 is 0 Å². The Bertz CT molecular complexity index is 1310. The molecule has 1 amide bonds. The van der Waals surface area contributed by atoms with Gasteiger partial charge >= 0.3 is 6.36 Å². The summed E-state index contributed by atoms with van der Waals surface area (Å²) in [5.41, 5.74) is -0.794. The molecule has 4 rings (SSSR count). The fraction of sp³-hybridized carbons (Fsp3) is 0.280. The highest BCUT2D eigenvalue weighted by Crippen LogP contribution is 2.35. The van der Waals surface area contributed by atoms with Crippen LogP contribution in [0.5, 0.6) is 5.75 Å². The number of aromatic nitrogens is 1. The molecule has 3 aromatic rings. The average molecular weight is 537 g/mol.